The van der Waals surface area contributed by atoms with Crippen molar-refractivity contribution >= 4 is 40.9 Å². The first-order valence-electron chi connectivity index (χ1n) is 9.03. The van der Waals surface area contributed by atoms with Crippen molar-refractivity contribution in [3.63, 3.8) is 0 Å². The molecule has 0 spiro atoms. The highest BCUT2D eigenvalue weighted by molar-refractivity contribution is 14.0. The van der Waals surface area contributed by atoms with Gasteiger partial charge in [0.05, 0.1) is 12.6 Å². The number of ether oxygens (including phenoxy) is 1. The normalized spacial score (nSPS) is 13.1. The molecular weight excluding hydrogens is 486 g/mol. The van der Waals surface area contributed by atoms with Crippen LogP contribution in [0.3, 0.4) is 0 Å². The molecule has 2 aromatic rings. The molecule has 1 aromatic carbocycles. The lowest BCUT2D eigenvalue weighted by atomic mass is 10.2. The predicted molar refractivity (Wildman–Crippen MR) is 116 cm³/mol. The molecule has 1 aromatic heterocycles. The van der Waals surface area contributed by atoms with Gasteiger partial charge in [0.1, 0.15) is 5.76 Å². The summed E-state index contributed by atoms with van der Waals surface area (Å²) in [6, 6.07) is 7.48. The molecule has 0 amide bonds. The molecule has 0 saturated heterocycles. The van der Waals surface area contributed by atoms with Gasteiger partial charge in [0.25, 0.3) is 0 Å². The van der Waals surface area contributed by atoms with Crippen LogP contribution in [0.25, 0.3) is 11.0 Å². The molecule has 0 aliphatic rings. The van der Waals surface area contributed by atoms with Gasteiger partial charge in [-0.25, -0.2) is 0 Å². The molecule has 2 rings (SSSR count). The van der Waals surface area contributed by atoms with Crippen LogP contribution in [-0.2, 0) is 0 Å². The Bertz CT molecular complexity index is 762. The maximum Gasteiger partial charge on any atom is 0.389 e. The number of hydrogen-bond acceptors (Lipinski definition) is 3. The molecule has 0 radical (unpaired) electrons. The first-order valence-corrected chi connectivity index (χ1v) is 9.03. The molecule has 2 N–H and O–H groups in total. The Kier molecular flexibility index (Phi) is 9.91. The van der Waals surface area contributed by atoms with Crippen molar-refractivity contribution in [1.29, 1.82) is 0 Å². The van der Waals surface area contributed by atoms with Gasteiger partial charge in [-0.3, -0.25) is 4.99 Å². The second-order valence-electron chi connectivity index (χ2n) is 6.19. The number of unbranched alkanes of at least 4 members (excludes halogenated alkanes) is 1. The average Bonchev–Trinajstić information content (AvgIpc) is 3.05. The summed E-state index contributed by atoms with van der Waals surface area (Å²) in [6.07, 6.45) is -4.36. The number of aliphatic imine (C=N–C) groups is 1. The average molecular weight is 513 g/mol. The molecule has 0 bridgehead atoms. The van der Waals surface area contributed by atoms with E-state index in [1.807, 2.05) is 38.1 Å². The molecule has 9 heteroatoms. The van der Waals surface area contributed by atoms with Crippen LogP contribution >= 0.6 is 24.0 Å². The fourth-order valence-electron chi connectivity index (χ4n) is 2.67. The molecule has 1 atom stereocenters. The first-order chi connectivity index (χ1) is 12.8. The van der Waals surface area contributed by atoms with Crippen LogP contribution in [0.1, 0.15) is 44.9 Å². The third-order valence-corrected chi connectivity index (χ3v) is 4.01. The number of guanidine groups is 1. The molecule has 0 fully saturated rings. The van der Waals surface area contributed by atoms with Gasteiger partial charge in [0.2, 0.25) is 0 Å². The van der Waals surface area contributed by atoms with Crippen molar-refractivity contribution < 1.29 is 22.3 Å². The quantitative estimate of drug-likeness (QED) is 0.215. The minimum absolute atomic E-state index is 0. The highest BCUT2D eigenvalue weighted by Crippen LogP contribution is 2.31. The monoisotopic (exact) mass is 513 g/mol. The fraction of sp³-hybridized carbons (Fsp3) is 0.526. The van der Waals surface area contributed by atoms with E-state index in [4.69, 9.17) is 9.15 Å². The van der Waals surface area contributed by atoms with Crippen molar-refractivity contribution in [2.75, 3.05) is 20.2 Å². The van der Waals surface area contributed by atoms with Crippen LogP contribution in [0.5, 0.6) is 5.75 Å². The molecule has 1 unspecified atom stereocenters. The number of hydrogen-bond donors (Lipinski definition) is 2. The number of benzene rings is 1. The topological polar surface area (TPSA) is 58.8 Å². The van der Waals surface area contributed by atoms with E-state index in [0.29, 0.717) is 36.9 Å². The highest BCUT2D eigenvalue weighted by atomic mass is 127. The summed E-state index contributed by atoms with van der Waals surface area (Å²) >= 11 is 0. The van der Waals surface area contributed by atoms with E-state index in [0.717, 1.165) is 11.1 Å². The fourth-order valence-corrected chi connectivity index (χ4v) is 2.67. The SMILES string of the molecule is CCOc1cccc2cc(C(C)NC(=NC)NCCCCC(F)(F)F)oc12.I. The number of alkyl halides is 3. The molecular formula is C19H27F3IN3O2. The van der Waals surface area contributed by atoms with Crippen LogP contribution in [0.4, 0.5) is 13.2 Å². The third-order valence-electron chi connectivity index (χ3n) is 4.01. The Morgan fingerprint density at radius 1 is 1.29 bits per heavy atom. The summed E-state index contributed by atoms with van der Waals surface area (Å²) in [7, 11) is 1.61. The van der Waals surface area contributed by atoms with E-state index in [1.54, 1.807) is 7.05 Å². The Balaban J connectivity index is 0.00000392. The van der Waals surface area contributed by atoms with Gasteiger partial charge in [-0.05, 0) is 38.8 Å². The van der Waals surface area contributed by atoms with E-state index >= 15 is 0 Å². The first kappa shape index (κ1) is 24.4. The van der Waals surface area contributed by atoms with Crippen molar-refractivity contribution in [3.8, 4) is 5.75 Å². The lowest BCUT2D eigenvalue weighted by Crippen LogP contribution is -2.39. The highest BCUT2D eigenvalue weighted by Gasteiger charge is 2.25. The van der Waals surface area contributed by atoms with Gasteiger partial charge in [-0.15, -0.1) is 24.0 Å². The number of para-hydroxylation sites is 1. The summed E-state index contributed by atoms with van der Waals surface area (Å²) in [5.74, 6) is 1.93. The molecule has 158 valence electrons. The molecule has 0 saturated carbocycles. The largest absolute Gasteiger partial charge is 0.490 e. The van der Waals surface area contributed by atoms with Gasteiger partial charge in [0.15, 0.2) is 17.3 Å². The van der Waals surface area contributed by atoms with E-state index in [1.165, 1.54) is 0 Å². The summed E-state index contributed by atoms with van der Waals surface area (Å²) in [5, 5.41) is 7.16. The van der Waals surface area contributed by atoms with Crippen molar-refractivity contribution in [1.82, 2.24) is 10.6 Å². The number of furan rings is 1. The number of rotatable bonds is 8. The van der Waals surface area contributed by atoms with Crippen molar-refractivity contribution in [2.24, 2.45) is 4.99 Å². The summed E-state index contributed by atoms with van der Waals surface area (Å²) in [4.78, 5) is 4.11. The Hall–Kier alpha value is -1.65. The minimum atomic E-state index is -4.10. The van der Waals surface area contributed by atoms with Gasteiger partial charge >= 0.3 is 6.18 Å². The minimum Gasteiger partial charge on any atom is -0.490 e. The van der Waals surface area contributed by atoms with Crippen molar-refractivity contribution in [2.45, 2.75) is 45.3 Å². The van der Waals surface area contributed by atoms with Crippen LogP contribution in [0.15, 0.2) is 33.7 Å². The Morgan fingerprint density at radius 2 is 2.04 bits per heavy atom. The van der Waals surface area contributed by atoms with Gasteiger partial charge in [-0.2, -0.15) is 13.2 Å². The van der Waals surface area contributed by atoms with Crippen LogP contribution < -0.4 is 15.4 Å². The zero-order valence-electron chi connectivity index (χ0n) is 16.2. The van der Waals surface area contributed by atoms with Gasteiger partial charge in [-0.1, -0.05) is 12.1 Å². The number of nitrogens with one attached hydrogen (secondary N) is 2. The zero-order chi connectivity index (χ0) is 19.9. The third kappa shape index (κ3) is 7.40. The van der Waals surface area contributed by atoms with Crippen molar-refractivity contribution in [3.05, 3.63) is 30.0 Å². The van der Waals surface area contributed by atoms with Gasteiger partial charge in [0, 0.05) is 25.4 Å². The maximum atomic E-state index is 12.2. The summed E-state index contributed by atoms with van der Waals surface area (Å²) in [6.45, 7) is 4.80. The summed E-state index contributed by atoms with van der Waals surface area (Å²) in [5.41, 5.74) is 0.693. The van der Waals surface area contributed by atoms with Gasteiger partial charge < -0.3 is 19.8 Å². The number of halogens is 4. The maximum absolute atomic E-state index is 12.2. The van der Waals surface area contributed by atoms with E-state index in [-0.39, 0.29) is 36.4 Å². The summed E-state index contributed by atoms with van der Waals surface area (Å²) < 4.78 is 48.0. The molecule has 28 heavy (non-hydrogen) atoms. The number of fused-ring (bicyclic) bond motifs is 1. The lowest BCUT2D eigenvalue weighted by molar-refractivity contribution is -0.135. The molecule has 1 heterocycles. The Labute approximate surface area is 180 Å². The smallest absolute Gasteiger partial charge is 0.389 e. The Morgan fingerprint density at radius 3 is 2.68 bits per heavy atom. The van der Waals surface area contributed by atoms with Crippen LogP contribution in [0, 0.1) is 0 Å². The molecule has 5 nitrogen and oxygen atoms in total. The number of nitrogens with zero attached hydrogens (tertiary/aromatic N) is 1. The van der Waals surface area contributed by atoms with Crippen LogP contribution in [-0.4, -0.2) is 32.3 Å². The molecule has 0 aliphatic carbocycles. The standard InChI is InChI=1S/C19H26F3N3O2.HI/c1-4-26-15-9-7-8-14-12-16(27-17(14)15)13(2)25-18(23-3)24-11-6-5-10-19(20,21)22;/h7-9,12-13H,4-6,10-11H2,1-3H3,(H2,23,24,25);1H. The second kappa shape index (κ2) is 11.4. The van der Waals surface area contributed by atoms with Crippen LogP contribution in [0.2, 0.25) is 0 Å². The zero-order valence-corrected chi connectivity index (χ0v) is 18.6. The van der Waals surface area contributed by atoms with E-state index in [9.17, 15) is 13.2 Å². The molecule has 0 aliphatic heterocycles. The second-order valence-corrected chi connectivity index (χ2v) is 6.19. The lowest BCUT2D eigenvalue weighted by Gasteiger charge is -2.16. The van der Waals surface area contributed by atoms with E-state index < -0.39 is 12.6 Å². The predicted octanol–water partition coefficient (Wildman–Crippen LogP) is 5.41. The van der Waals surface area contributed by atoms with E-state index in [2.05, 4.69) is 15.6 Å².